The van der Waals surface area contributed by atoms with Crippen LogP contribution in [-0.2, 0) is 19.1 Å². The van der Waals surface area contributed by atoms with Crippen LogP contribution < -0.4 is 14.8 Å². The number of nitrogens with zero attached hydrogens (tertiary/aromatic N) is 1. The van der Waals surface area contributed by atoms with Gasteiger partial charge < -0.3 is 19.5 Å². The number of thioether (sulfide) groups is 1. The number of anilines is 1. The molecule has 35 heavy (non-hydrogen) atoms. The molecule has 1 fully saturated rings. The van der Waals surface area contributed by atoms with Gasteiger partial charge in [0.1, 0.15) is 6.04 Å². The highest BCUT2D eigenvalue weighted by atomic mass is 32.2. The van der Waals surface area contributed by atoms with Crippen LogP contribution in [0.25, 0.3) is 6.08 Å². The Balaban J connectivity index is 1.79. The number of rotatable bonds is 9. The number of carbonyl (C=O) groups is 4. The molecule has 0 radical (unpaired) electrons. The first-order valence-corrected chi connectivity index (χ1v) is 11.7. The Morgan fingerprint density at radius 2 is 1.86 bits per heavy atom. The number of esters is 1. The summed E-state index contributed by atoms with van der Waals surface area (Å²) in [6.07, 6.45) is 1.47. The summed E-state index contributed by atoms with van der Waals surface area (Å²) in [7, 11) is 1.45. The van der Waals surface area contributed by atoms with Crippen LogP contribution in [-0.4, -0.2) is 54.3 Å². The average Bonchev–Trinajstić information content (AvgIpc) is 3.11. The number of aryl methyl sites for hydroxylation is 1. The summed E-state index contributed by atoms with van der Waals surface area (Å²) in [6.45, 7) is 4.85. The van der Waals surface area contributed by atoms with Gasteiger partial charge in [0, 0.05) is 11.3 Å². The summed E-state index contributed by atoms with van der Waals surface area (Å²) in [6, 6.07) is 11.3. The molecule has 10 heteroatoms. The molecule has 1 aliphatic rings. The smallest absolute Gasteiger partial charge is 0.329 e. The minimum atomic E-state index is -1.06. The van der Waals surface area contributed by atoms with Crippen LogP contribution in [0.15, 0.2) is 47.4 Å². The average molecular weight is 499 g/mol. The fourth-order valence-electron chi connectivity index (χ4n) is 3.26. The van der Waals surface area contributed by atoms with E-state index in [1.165, 1.54) is 20.1 Å². The predicted molar refractivity (Wildman–Crippen MR) is 132 cm³/mol. The molecule has 0 bridgehead atoms. The van der Waals surface area contributed by atoms with Gasteiger partial charge in [0.25, 0.3) is 17.1 Å². The summed E-state index contributed by atoms with van der Waals surface area (Å²) in [5.41, 5.74) is 2.13. The minimum Gasteiger partial charge on any atom is -0.493 e. The number of imide groups is 1. The maximum Gasteiger partial charge on any atom is 0.329 e. The van der Waals surface area contributed by atoms with Gasteiger partial charge in [-0.1, -0.05) is 29.8 Å². The summed E-state index contributed by atoms with van der Waals surface area (Å²) in [4.78, 5) is 50.8. The normalized spacial score (nSPS) is 15.2. The van der Waals surface area contributed by atoms with Crippen LogP contribution in [0.5, 0.6) is 11.5 Å². The molecule has 0 spiro atoms. The fourth-order valence-corrected chi connectivity index (χ4v) is 4.16. The van der Waals surface area contributed by atoms with Crippen LogP contribution in [0, 0.1) is 6.92 Å². The van der Waals surface area contributed by atoms with Gasteiger partial charge in [0.05, 0.1) is 18.6 Å². The Hall–Kier alpha value is -3.79. The van der Waals surface area contributed by atoms with Crippen LogP contribution in [0.1, 0.15) is 25.0 Å². The number of para-hydroxylation sites is 1. The number of hydrogen-bond donors (Lipinski definition) is 1. The number of carbonyl (C=O) groups excluding carboxylic acids is 4. The summed E-state index contributed by atoms with van der Waals surface area (Å²) in [5.74, 6) is -1.08. The Bertz CT molecular complexity index is 1160. The van der Waals surface area contributed by atoms with Gasteiger partial charge in [-0.25, -0.2) is 4.79 Å². The van der Waals surface area contributed by atoms with Crippen LogP contribution in [0.4, 0.5) is 10.5 Å². The molecule has 1 saturated heterocycles. The van der Waals surface area contributed by atoms with Crippen molar-refractivity contribution in [1.82, 2.24) is 4.90 Å². The van der Waals surface area contributed by atoms with Crippen LogP contribution >= 0.6 is 11.8 Å². The first kappa shape index (κ1) is 25.8. The molecule has 0 saturated carbocycles. The molecule has 3 rings (SSSR count). The largest absolute Gasteiger partial charge is 0.493 e. The van der Waals surface area contributed by atoms with Gasteiger partial charge in [0.15, 0.2) is 18.1 Å². The van der Waals surface area contributed by atoms with Crippen molar-refractivity contribution in [3.8, 4) is 11.5 Å². The quantitative estimate of drug-likeness (QED) is 0.408. The number of methoxy groups -OCH3 is 1. The summed E-state index contributed by atoms with van der Waals surface area (Å²) >= 11 is 0.705. The highest BCUT2D eigenvalue weighted by Crippen LogP contribution is 2.38. The van der Waals surface area contributed by atoms with E-state index in [9.17, 15) is 19.2 Å². The first-order valence-electron chi connectivity index (χ1n) is 10.8. The van der Waals surface area contributed by atoms with Crippen molar-refractivity contribution in [2.45, 2.75) is 26.8 Å². The Kier molecular flexibility index (Phi) is 8.53. The van der Waals surface area contributed by atoms with Crippen molar-refractivity contribution in [2.24, 2.45) is 0 Å². The maximum atomic E-state index is 12.9. The lowest BCUT2D eigenvalue weighted by molar-refractivity contribution is -0.150. The van der Waals surface area contributed by atoms with E-state index >= 15 is 0 Å². The van der Waals surface area contributed by atoms with E-state index in [-0.39, 0.29) is 29.8 Å². The number of ether oxygens (including phenoxy) is 3. The van der Waals surface area contributed by atoms with Gasteiger partial charge in [0.2, 0.25) is 0 Å². The van der Waals surface area contributed by atoms with E-state index in [2.05, 4.69) is 5.32 Å². The first-order chi connectivity index (χ1) is 16.7. The molecular formula is C25H26N2O7S. The standard InChI is InChI=1S/C25H26N2O7S/c1-5-33-24(30)16(3)27-23(29)20(35-25(27)31)13-17-7-6-8-19(32-4)22(17)34-14-21(28)26-18-11-9-15(2)10-12-18/h6-13,16H,5,14H2,1-4H3,(H,26,28)/b20-13+/t16-/m0/s1. The van der Waals surface area contributed by atoms with E-state index in [0.717, 1.165) is 10.5 Å². The Morgan fingerprint density at radius 3 is 2.51 bits per heavy atom. The molecular weight excluding hydrogens is 472 g/mol. The Labute approximate surface area is 207 Å². The molecule has 1 N–H and O–H groups in total. The van der Waals surface area contributed by atoms with Crippen molar-refractivity contribution >= 4 is 46.5 Å². The Morgan fingerprint density at radius 1 is 1.14 bits per heavy atom. The SMILES string of the molecule is CCOC(=O)[C@H](C)N1C(=O)S/C(=C/c2cccc(OC)c2OCC(=O)Nc2ccc(C)cc2)C1=O. The van der Waals surface area contributed by atoms with E-state index in [1.807, 2.05) is 19.1 Å². The lowest BCUT2D eigenvalue weighted by Gasteiger charge is -2.19. The third kappa shape index (κ3) is 6.21. The summed E-state index contributed by atoms with van der Waals surface area (Å²) in [5, 5.41) is 2.17. The molecule has 3 amide bonds. The molecule has 1 aliphatic heterocycles. The predicted octanol–water partition coefficient (Wildman–Crippen LogP) is 4.01. The topological polar surface area (TPSA) is 111 Å². The number of benzene rings is 2. The molecule has 1 atom stereocenters. The maximum absolute atomic E-state index is 12.9. The lowest BCUT2D eigenvalue weighted by Crippen LogP contribution is -2.42. The number of amides is 3. The molecule has 184 valence electrons. The molecule has 1 heterocycles. The van der Waals surface area contributed by atoms with Gasteiger partial charge in [-0.15, -0.1) is 0 Å². The van der Waals surface area contributed by atoms with Crippen molar-refractivity contribution in [2.75, 3.05) is 25.6 Å². The minimum absolute atomic E-state index is 0.105. The van der Waals surface area contributed by atoms with Crippen molar-refractivity contribution in [3.63, 3.8) is 0 Å². The lowest BCUT2D eigenvalue weighted by atomic mass is 10.1. The van der Waals surface area contributed by atoms with E-state index in [1.54, 1.807) is 37.3 Å². The van der Waals surface area contributed by atoms with E-state index in [4.69, 9.17) is 14.2 Å². The highest BCUT2D eigenvalue weighted by Gasteiger charge is 2.41. The second-order valence-electron chi connectivity index (χ2n) is 7.56. The zero-order chi connectivity index (χ0) is 25.5. The molecule has 2 aromatic carbocycles. The van der Waals surface area contributed by atoms with Gasteiger partial charge in [-0.05, 0) is 56.8 Å². The zero-order valence-electron chi connectivity index (χ0n) is 19.8. The third-order valence-electron chi connectivity index (χ3n) is 5.04. The van der Waals surface area contributed by atoms with Crippen molar-refractivity contribution < 1.29 is 33.4 Å². The van der Waals surface area contributed by atoms with E-state index < -0.39 is 23.2 Å². The zero-order valence-corrected chi connectivity index (χ0v) is 20.6. The number of hydrogen-bond acceptors (Lipinski definition) is 8. The van der Waals surface area contributed by atoms with Crippen molar-refractivity contribution in [1.29, 1.82) is 0 Å². The summed E-state index contributed by atoms with van der Waals surface area (Å²) < 4.78 is 16.1. The van der Waals surface area contributed by atoms with Crippen LogP contribution in [0.3, 0.4) is 0 Å². The van der Waals surface area contributed by atoms with Crippen LogP contribution in [0.2, 0.25) is 0 Å². The number of nitrogens with one attached hydrogen (secondary N) is 1. The van der Waals surface area contributed by atoms with Gasteiger partial charge in [-0.2, -0.15) is 0 Å². The molecule has 0 unspecified atom stereocenters. The van der Waals surface area contributed by atoms with E-state index in [0.29, 0.717) is 28.8 Å². The molecule has 0 aromatic heterocycles. The third-order valence-corrected chi connectivity index (χ3v) is 5.92. The second-order valence-corrected chi connectivity index (χ2v) is 8.55. The monoisotopic (exact) mass is 498 g/mol. The highest BCUT2D eigenvalue weighted by molar-refractivity contribution is 8.18. The van der Waals surface area contributed by atoms with Gasteiger partial charge >= 0.3 is 5.97 Å². The van der Waals surface area contributed by atoms with Crippen molar-refractivity contribution in [3.05, 3.63) is 58.5 Å². The molecule has 9 nitrogen and oxygen atoms in total. The fraction of sp³-hybridized carbons (Fsp3) is 0.280. The van der Waals surface area contributed by atoms with Gasteiger partial charge in [-0.3, -0.25) is 19.3 Å². The molecule has 2 aromatic rings. The molecule has 0 aliphatic carbocycles. The second kappa shape index (κ2) is 11.6.